The molecule has 0 atom stereocenters. The van der Waals surface area contributed by atoms with E-state index < -0.39 is 0 Å². The summed E-state index contributed by atoms with van der Waals surface area (Å²) in [6.45, 7) is 3.99. The Balaban J connectivity index is 1.83. The third-order valence-electron chi connectivity index (χ3n) is 3.83. The first-order valence-electron chi connectivity index (χ1n) is 7.01. The molecule has 100 valence electrons. The molecule has 1 saturated heterocycles. The predicted octanol–water partition coefficient (Wildman–Crippen LogP) is 1.88. The van der Waals surface area contributed by atoms with Gasteiger partial charge in [0, 0.05) is 30.7 Å². The van der Waals surface area contributed by atoms with Gasteiger partial charge in [0.25, 0.3) is 5.56 Å². The normalized spacial score (nSPS) is 16.8. The average Bonchev–Trinajstić information content (AvgIpc) is 2.47. The second-order valence-corrected chi connectivity index (χ2v) is 5.14. The molecule has 0 radical (unpaired) electrons. The van der Waals surface area contributed by atoms with E-state index in [-0.39, 0.29) is 5.56 Å². The average molecular weight is 257 g/mol. The third-order valence-corrected chi connectivity index (χ3v) is 3.83. The maximum absolute atomic E-state index is 12.0. The van der Waals surface area contributed by atoms with Gasteiger partial charge < -0.3 is 4.90 Å². The van der Waals surface area contributed by atoms with Gasteiger partial charge in [-0.05, 0) is 44.1 Å². The minimum Gasteiger partial charge on any atom is -0.302 e. The molecule has 3 heterocycles. The van der Waals surface area contributed by atoms with E-state index in [1.807, 2.05) is 18.2 Å². The van der Waals surface area contributed by atoms with Crippen molar-refractivity contribution < 1.29 is 0 Å². The lowest BCUT2D eigenvalue weighted by molar-refractivity contribution is 0.221. The summed E-state index contributed by atoms with van der Waals surface area (Å²) in [5, 5.41) is 1.03. The summed E-state index contributed by atoms with van der Waals surface area (Å²) in [6.07, 6.45) is 5.65. The summed E-state index contributed by atoms with van der Waals surface area (Å²) >= 11 is 0. The number of nitrogens with zero attached hydrogens (tertiary/aromatic N) is 3. The van der Waals surface area contributed by atoms with Gasteiger partial charge in [0.15, 0.2) is 0 Å². The molecule has 0 bridgehead atoms. The van der Waals surface area contributed by atoms with Gasteiger partial charge in [0.1, 0.15) is 5.65 Å². The van der Waals surface area contributed by atoms with Crippen molar-refractivity contribution in [3.63, 3.8) is 0 Å². The van der Waals surface area contributed by atoms with Crippen LogP contribution in [0.2, 0.25) is 0 Å². The van der Waals surface area contributed by atoms with Crippen LogP contribution in [0.25, 0.3) is 11.0 Å². The summed E-state index contributed by atoms with van der Waals surface area (Å²) in [6, 6.07) is 7.39. The molecule has 0 N–H and O–H groups in total. The number of rotatable bonds is 3. The zero-order chi connectivity index (χ0) is 13.1. The van der Waals surface area contributed by atoms with Crippen molar-refractivity contribution in [2.24, 2.45) is 0 Å². The third kappa shape index (κ3) is 2.68. The highest BCUT2D eigenvalue weighted by Crippen LogP contribution is 2.10. The summed E-state index contributed by atoms with van der Waals surface area (Å²) < 4.78 is 1.80. The number of hydrogen-bond donors (Lipinski definition) is 0. The Morgan fingerprint density at radius 1 is 1.05 bits per heavy atom. The van der Waals surface area contributed by atoms with Gasteiger partial charge >= 0.3 is 0 Å². The zero-order valence-corrected chi connectivity index (χ0v) is 11.1. The van der Waals surface area contributed by atoms with Gasteiger partial charge in [-0.2, -0.15) is 0 Å². The maximum atomic E-state index is 12.0. The Hall–Kier alpha value is -1.68. The van der Waals surface area contributed by atoms with Gasteiger partial charge in [0.2, 0.25) is 0 Å². The smallest absolute Gasteiger partial charge is 0.252 e. The molecule has 4 nitrogen and oxygen atoms in total. The topological polar surface area (TPSA) is 38.1 Å². The summed E-state index contributed by atoms with van der Waals surface area (Å²) in [5.74, 6) is 0. The van der Waals surface area contributed by atoms with Crippen molar-refractivity contribution >= 4 is 11.0 Å². The fourth-order valence-corrected chi connectivity index (χ4v) is 2.76. The van der Waals surface area contributed by atoms with Crippen molar-refractivity contribution in [3.8, 4) is 0 Å². The molecular formula is C15H19N3O. The van der Waals surface area contributed by atoms with Crippen LogP contribution in [0, 0.1) is 0 Å². The second kappa shape index (κ2) is 5.53. The van der Waals surface area contributed by atoms with Crippen molar-refractivity contribution in [1.29, 1.82) is 0 Å². The number of piperidine rings is 1. The van der Waals surface area contributed by atoms with Crippen molar-refractivity contribution in [2.45, 2.75) is 25.8 Å². The first kappa shape index (κ1) is 12.4. The molecule has 0 amide bonds. The number of likely N-dealkylation sites (tertiary alicyclic amines) is 1. The first-order valence-corrected chi connectivity index (χ1v) is 7.01. The predicted molar refractivity (Wildman–Crippen MR) is 76.3 cm³/mol. The Morgan fingerprint density at radius 3 is 2.74 bits per heavy atom. The SMILES string of the molecule is O=c1ccc2cccnc2n1CCN1CCCCC1. The van der Waals surface area contributed by atoms with E-state index in [1.165, 1.54) is 19.3 Å². The van der Waals surface area contributed by atoms with E-state index in [4.69, 9.17) is 0 Å². The van der Waals surface area contributed by atoms with E-state index in [0.29, 0.717) is 0 Å². The Kier molecular flexibility index (Phi) is 3.60. The van der Waals surface area contributed by atoms with Crippen LogP contribution in [-0.4, -0.2) is 34.1 Å². The quantitative estimate of drug-likeness (QED) is 0.842. The molecular weight excluding hydrogens is 238 g/mol. The minimum absolute atomic E-state index is 0.0446. The van der Waals surface area contributed by atoms with Crippen LogP contribution in [-0.2, 0) is 6.54 Å². The second-order valence-electron chi connectivity index (χ2n) is 5.14. The largest absolute Gasteiger partial charge is 0.302 e. The van der Waals surface area contributed by atoms with Crippen LogP contribution < -0.4 is 5.56 Å². The van der Waals surface area contributed by atoms with Gasteiger partial charge in [-0.1, -0.05) is 6.42 Å². The summed E-state index contributed by atoms with van der Waals surface area (Å²) in [4.78, 5) is 18.8. The van der Waals surface area contributed by atoms with Crippen molar-refractivity contribution in [1.82, 2.24) is 14.5 Å². The van der Waals surface area contributed by atoms with E-state index in [0.717, 1.165) is 37.2 Å². The molecule has 0 aliphatic carbocycles. The lowest BCUT2D eigenvalue weighted by Gasteiger charge is -2.26. The molecule has 0 saturated carbocycles. The Bertz CT molecular complexity index is 614. The molecule has 0 unspecified atom stereocenters. The number of hydrogen-bond acceptors (Lipinski definition) is 3. The van der Waals surface area contributed by atoms with Crippen LogP contribution in [0.4, 0.5) is 0 Å². The highest BCUT2D eigenvalue weighted by atomic mass is 16.1. The van der Waals surface area contributed by atoms with Crippen LogP contribution in [0.15, 0.2) is 35.3 Å². The van der Waals surface area contributed by atoms with E-state index in [9.17, 15) is 4.79 Å². The highest BCUT2D eigenvalue weighted by Gasteiger charge is 2.11. The Labute approximate surface area is 112 Å². The lowest BCUT2D eigenvalue weighted by Crippen LogP contribution is -2.34. The van der Waals surface area contributed by atoms with E-state index >= 15 is 0 Å². The molecule has 0 aromatic carbocycles. The van der Waals surface area contributed by atoms with E-state index in [2.05, 4.69) is 9.88 Å². The maximum Gasteiger partial charge on any atom is 0.252 e. The fourth-order valence-electron chi connectivity index (χ4n) is 2.76. The molecule has 1 fully saturated rings. The Morgan fingerprint density at radius 2 is 1.89 bits per heavy atom. The summed E-state index contributed by atoms with van der Waals surface area (Å²) in [5.41, 5.74) is 0.843. The number of aromatic nitrogens is 2. The monoisotopic (exact) mass is 257 g/mol. The van der Waals surface area contributed by atoms with Gasteiger partial charge in [-0.3, -0.25) is 9.36 Å². The molecule has 19 heavy (non-hydrogen) atoms. The fraction of sp³-hybridized carbons (Fsp3) is 0.467. The zero-order valence-electron chi connectivity index (χ0n) is 11.1. The van der Waals surface area contributed by atoms with Crippen LogP contribution in [0.5, 0.6) is 0 Å². The molecule has 0 spiro atoms. The number of fused-ring (bicyclic) bond motifs is 1. The van der Waals surface area contributed by atoms with Crippen molar-refractivity contribution in [3.05, 3.63) is 40.8 Å². The molecule has 3 rings (SSSR count). The molecule has 1 aliphatic rings. The number of pyridine rings is 2. The highest BCUT2D eigenvalue weighted by molar-refractivity contribution is 5.74. The standard InChI is InChI=1S/C15H19N3O/c19-14-7-6-13-5-4-8-16-15(13)18(14)12-11-17-9-2-1-3-10-17/h4-8H,1-3,9-12H2. The molecule has 2 aromatic rings. The van der Waals surface area contributed by atoms with Crippen molar-refractivity contribution in [2.75, 3.05) is 19.6 Å². The molecule has 2 aromatic heterocycles. The molecule has 1 aliphatic heterocycles. The van der Waals surface area contributed by atoms with Crippen LogP contribution in [0.1, 0.15) is 19.3 Å². The van der Waals surface area contributed by atoms with Gasteiger partial charge in [-0.15, -0.1) is 0 Å². The van der Waals surface area contributed by atoms with Gasteiger partial charge in [0.05, 0.1) is 0 Å². The van der Waals surface area contributed by atoms with Crippen LogP contribution >= 0.6 is 0 Å². The first-order chi connectivity index (χ1) is 9.34. The van der Waals surface area contributed by atoms with E-state index in [1.54, 1.807) is 16.8 Å². The van der Waals surface area contributed by atoms with Crippen LogP contribution in [0.3, 0.4) is 0 Å². The lowest BCUT2D eigenvalue weighted by atomic mass is 10.1. The molecule has 4 heteroatoms. The summed E-state index contributed by atoms with van der Waals surface area (Å²) in [7, 11) is 0. The van der Waals surface area contributed by atoms with Gasteiger partial charge in [-0.25, -0.2) is 4.98 Å². The minimum atomic E-state index is 0.0446.